The molecule has 1 aliphatic rings. The van der Waals surface area contributed by atoms with Gasteiger partial charge in [-0.25, -0.2) is 0 Å². The standard InChI is InChI=1S/C15H27N3OS/c1-4-13(16-3)11(2)15-17-14(18-19-15)10-20-12-8-6-5-7-9-12/h11-13,16H,4-10H2,1-3H3. The zero-order valence-corrected chi connectivity index (χ0v) is 13.7. The van der Waals surface area contributed by atoms with Crippen LogP contribution in [0.4, 0.5) is 0 Å². The molecule has 2 unspecified atom stereocenters. The van der Waals surface area contributed by atoms with E-state index in [2.05, 4.69) is 29.3 Å². The van der Waals surface area contributed by atoms with Crippen LogP contribution in [0.25, 0.3) is 0 Å². The first-order valence-electron chi connectivity index (χ1n) is 7.86. The Kier molecular flexibility index (Phi) is 6.36. The van der Waals surface area contributed by atoms with Gasteiger partial charge in [-0.05, 0) is 26.3 Å². The molecule has 0 bridgehead atoms. The molecule has 1 aromatic rings. The summed E-state index contributed by atoms with van der Waals surface area (Å²) in [5.41, 5.74) is 0. The predicted molar refractivity (Wildman–Crippen MR) is 84.0 cm³/mol. The van der Waals surface area contributed by atoms with Crippen LogP contribution in [0.2, 0.25) is 0 Å². The van der Waals surface area contributed by atoms with Crippen LogP contribution in [-0.2, 0) is 5.75 Å². The summed E-state index contributed by atoms with van der Waals surface area (Å²) in [6, 6.07) is 0.397. The van der Waals surface area contributed by atoms with Gasteiger partial charge in [0, 0.05) is 11.3 Å². The predicted octanol–water partition coefficient (Wildman–Crippen LogP) is 3.74. The first kappa shape index (κ1) is 15.8. The molecule has 1 saturated carbocycles. The minimum atomic E-state index is 0.269. The third-order valence-corrected chi connectivity index (χ3v) is 5.66. The average molecular weight is 297 g/mol. The molecule has 0 spiro atoms. The molecule has 20 heavy (non-hydrogen) atoms. The van der Waals surface area contributed by atoms with Gasteiger partial charge in [-0.1, -0.05) is 38.3 Å². The molecule has 0 aromatic carbocycles. The number of nitrogens with zero attached hydrogens (tertiary/aromatic N) is 2. The Morgan fingerprint density at radius 2 is 2.10 bits per heavy atom. The maximum Gasteiger partial charge on any atom is 0.231 e. The lowest BCUT2D eigenvalue weighted by atomic mass is 10.00. The van der Waals surface area contributed by atoms with Crippen molar-refractivity contribution in [2.45, 2.75) is 75.3 Å². The number of thioether (sulfide) groups is 1. The number of aromatic nitrogens is 2. The minimum absolute atomic E-state index is 0.269. The third-order valence-electron chi connectivity index (χ3n) is 4.29. The molecule has 0 amide bonds. The summed E-state index contributed by atoms with van der Waals surface area (Å²) in [5.74, 6) is 2.78. The summed E-state index contributed by atoms with van der Waals surface area (Å²) in [5, 5.41) is 8.24. The zero-order valence-electron chi connectivity index (χ0n) is 12.9. The molecule has 5 heteroatoms. The molecule has 2 atom stereocenters. The second-order valence-corrected chi connectivity index (χ2v) is 7.00. The number of nitrogens with one attached hydrogen (secondary N) is 1. The Balaban J connectivity index is 1.85. The fourth-order valence-electron chi connectivity index (χ4n) is 2.92. The Labute approximate surface area is 126 Å². The van der Waals surface area contributed by atoms with Gasteiger partial charge in [0.25, 0.3) is 0 Å². The maximum atomic E-state index is 5.44. The van der Waals surface area contributed by atoms with Crippen LogP contribution in [-0.4, -0.2) is 28.5 Å². The molecule has 0 saturated heterocycles. The smallest absolute Gasteiger partial charge is 0.231 e. The van der Waals surface area contributed by atoms with E-state index in [4.69, 9.17) is 4.52 Å². The van der Waals surface area contributed by atoms with E-state index in [-0.39, 0.29) is 5.92 Å². The summed E-state index contributed by atoms with van der Waals surface area (Å²) < 4.78 is 5.44. The highest BCUT2D eigenvalue weighted by atomic mass is 32.2. The van der Waals surface area contributed by atoms with E-state index in [1.54, 1.807) is 0 Å². The zero-order chi connectivity index (χ0) is 14.4. The number of hydrogen-bond acceptors (Lipinski definition) is 5. The van der Waals surface area contributed by atoms with Gasteiger partial charge in [-0.3, -0.25) is 0 Å². The lowest BCUT2D eigenvalue weighted by Crippen LogP contribution is -2.30. The Morgan fingerprint density at radius 1 is 1.35 bits per heavy atom. The van der Waals surface area contributed by atoms with E-state index in [9.17, 15) is 0 Å². The summed E-state index contributed by atoms with van der Waals surface area (Å²) in [6.07, 6.45) is 7.93. The fourth-order valence-corrected chi connectivity index (χ4v) is 4.08. The highest BCUT2D eigenvalue weighted by Crippen LogP contribution is 2.30. The first-order chi connectivity index (χ1) is 9.74. The molecule has 1 N–H and O–H groups in total. The van der Waals surface area contributed by atoms with Crippen molar-refractivity contribution in [3.63, 3.8) is 0 Å². The van der Waals surface area contributed by atoms with Crippen molar-refractivity contribution in [2.75, 3.05) is 7.05 Å². The van der Waals surface area contributed by atoms with Crippen LogP contribution < -0.4 is 5.32 Å². The number of rotatable bonds is 7. The molecule has 1 heterocycles. The molecular weight excluding hydrogens is 270 g/mol. The lowest BCUT2D eigenvalue weighted by molar-refractivity contribution is 0.324. The summed E-state index contributed by atoms with van der Waals surface area (Å²) >= 11 is 1.99. The van der Waals surface area contributed by atoms with E-state index in [1.165, 1.54) is 32.1 Å². The number of likely N-dealkylation sites (N-methyl/N-ethyl adjacent to an activating group) is 1. The molecule has 2 rings (SSSR count). The molecule has 0 radical (unpaired) electrons. The largest absolute Gasteiger partial charge is 0.339 e. The molecule has 4 nitrogen and oxygen atoms in total. The van der Waals surface area contributed by atoms with E-state index in [0.717, 1.165) is 29.1 Å². The third kappa shape index (κ3) is 4.22. The molecule has 1 aromatic heterocycles. The second-order valence-electron chi connectivity index (χ2n) is 5.71. The second kappa shape index (κ2) is 8.03. The Hall–Kier alpha value is -0.550. The van der Waals surface area contributed by atoms with Gasteiger partial charge in [0.15, 0.2) is 5.82 Å². The summed E-state index contributed by atoms with van der Waals surface area (Å²) in [4.78, 5) is 4.57. The van der Waals surface area contributed by atoms with E-state index < -0.39 is 0 Å². The average Bonchev–Trinajstić information content (AvgIpc) is 2.96. The summed E-state index contributed by atoms with van der Waals surface area (Å²) in [7, 11) is 1.99. The van der Waals surface area contributed by atoms with E-state index >= 15 is 0 Å². The Bertz CT molecular complexity index is 386. The SMILES string of the molecule is CCC(NC)C(C)c1nc(CSC2CCCCC2)no1. The van der Waals surface area contributed by atoms with Crippen LogP contribution in [0.15, 0.2) is 4.52 Å². The van der Waals surface area contributed by atoms with Crippen molar-refractivity contribution >= 4 is 11.8 Å². The van der Waals surface area contributed by atoms with Crippen molar-refractivity contribution in [1.82, 2.24) is 15.5 Å². The summed E-state index contributed by atoms with van der Waals surface area (Å²) in [6.45, 7) is 4.32. The van der Waals surface area contributed by atoms with Crippen molar-refractivity contribution in [2.24, 2.45) is 0 Å². The molecule has 1 fully saturated rings. The highest BCUT2D eigenvalue weighted by molar-refractivity contribution is 7.99. The van der Waals surface area contributed by atoms with Crippen LogP contribution in [0.5, 0.6) is 0 Å². The first-order valence-corrected chi connectivity index (χ1v) is 8.90. The van der Waals surface area contributed by atoms with Gasteiger partial charge in [0.2, 0.25) is 5.89 Å². The monoisotopic (exact) mass is 297 g/mol. The molecule has 0 aliphatic heterocycles. The quantitative estimate of drug-likeness (QED) is 0.831. The van der Waals surface area contributed by atoms with Gasteiger partial charge in [0.1, 0.15) is 0 Å². The topological polar surface area (TPSA) is 51.0 Å². The van der Waals surface area contributed by atoms with Gasteiger partial charge in [0.05, 0.1) is 11.7 Å². The highest BCUT2D eigenvalue weighted by Gasteiger charge is 2.22. The normalized spacial score (nSPS) is 19.9. The van der Waals surface area contributed by atoms with Gasteiger partial charge in [-0.2, -0.15) is 16.7 Å². The van der Waals surface area contributed by atoms with Gasteiger partial charge >= 0.3 is 0 Å². The Morgan fingerprint density at radius 3 is 2.75 bits per heavy atom. The van der Waals surface area contributed by atoms with Crippen molar-refractivity contribution in [3.8, 4) is 0 Å². The fraction of sp³-hybridized carbons (Fsp3) is 0.867. The van der Waals surface area contributed by atoms with Crippen LogP contribution >= 0.6 is 11.8 Å². The van der Waals surface area contributed by atoms with Crippen molar-refractivity contribution in [3.05, 3.63) is 11.7 Å². The van der Waals surface area contributed by atoms with E-state index in [0.29, 0.717) is 6.04 Å². The minimum Gasteiger partial charge on any atom is -0.339 e. The van der Waals surface area contributed by atoms with Crippen molar-refractivity contribution < 1.29 is 4.52 Å². The molecule has 114 valence electrons. The van der Waals surface area contributed by atoms with Crippen LogP contribution in [0, 0.1) is 0 Å². The van der Waals surface area contributed by atoms with E-state index in [1.807, 2.05) is 18.8 Å². The van der Waals surface area contributed by atoms with Crippen LogP contribution in [0.3, 0.4) is 0 Å². The lowest BCUT2D eigenvalue weighted by Gasteiger charge is -2.20. The van der Waals surface area contributed by atoms with Crippen LogP contribution in [0.1, 0.15) is 70.0 Å². The van der Waals surface area contributed by atoms with Crippen molar-refractivity contribution in [1.29, 1.82) is 0 Å². The molecular formula is C15H27N3OS. The van der Waals surface area contributed by atoms with Gasteiger partial charge in [-0.15, -0.1) is 0 Å². The van der Waals surface area contributed by atoms with Gasteiger partial charge < -0.3 is 9.84 Å². The maximum absolute atomic E-state index is 5.44. The number of hydrogen-bond donors (Lipinski definition) is 1. The molecule has 1 aliphatic carbocycles.